The number of hydrogen-bond acceptors (Lipinski definition) is 3. The summed E-state index contributed by atoms with van der Waals surface area (Å²) in [7, 11) is 0. The second kappa shape index (κ2) is 3.56. The third-order valence-electron chi connectivity index (χ3n) is 3.52. The van der Waals surface area contributed by atoms with Crippen molar-refractivity contribution in [3.05, 3.63) is 24.7 Å². The van der Waals surface area contributed by atoms with Crippen molar-refractivity contribution in [2.45, 2.75) is 38.3 Å². The molecule has 3 heteroatoms. The quantitative estimate of drug-likeness (QED) is 0.681. The molecule has 2 rings (SSSR count). The SMILES string of the molecule is C=C1NC(=C)C2(CCCN(C(C)C)C2)N1. The molecule has 0 amide bonds. The van der Waals surface area contributed by atoms with Crippen molar-refractivity contribution in [1.29, 1.82) is 0 Å². The van der Waals surface area contributed by atoms with Crippen LogP contribution in [-0.4, -0.2) is 29.6 Å². The van der Waals surface area contributed by atoms with Gasteiger partial charge >= 0.3 is 0 Å². The van der Waals surface area contributed by atoms with Gasteiger partial charge in [0.25, 0.3) is 0 Å². The van der Waals surface area contributed by atoms with E-state index in [4.69, 9.17) is 0 Å². The molecule has 1 spiro atoms. The van der Waals surface area contributed by atoms with Crippen molar-refractivity contribution < 1.29 is 0 Å². The summed E-state index contributed by atoms with van der Waals surface area (Å²) in [5, 5.41) is 6.67. The first kappa shape index (κ1) is 10.6. The number of nitrogens with one attached hydrogen (secondary N) is 2. The van der Waals surface area contributed by atoms with Gasteiger partial charge in [-0.25, -0.2) is 0 Å². The summed E-state index contributed by atoms with van der Waals surface area (Å²) in [5.41, 5.74) is 1.11. The maximum atomic E-state index is 4.11. The summed E-state index contributed by atoms with van der Waals surface area (Å²) in [4.78, 5) is 2.50. The molecule has 84 valence electrons. The third-order valence-corrected chi connectivity index (χ3v) is 3.52. The normalized spacial score (nSPS) is 32.2. The number of piperidine rings is 1. The van der Waals surface area contributed by atoms with Crippen molar-refractivity contribution in [2.75, 3.05) is 13.1 Å². The largest absolute Gasteiger partial charge is 0.360 e. The second-order valence-electron chi connectivity index (χ2n) is 4.96. The zero-order chi connectivity index (χ0) is 11.1. The number of hydrogen-bond donors (Lipinski definition) is 2. The van der Waals surface area contributed by atoms with Crippen molar-refractivity contribution in [3.8, 4) is 0 Å². The molecule has 0 radical (unpaired) electrons. The fourth-order valence-corrected chi connectivity index (χ4v) is 2.58. The monoisotopic (exact) mass is 207 g/mol. The van der Waals surface area contributed by atoms with Crippen molar-refractivity contribution in [1.82, 2.24) is 15.5 Å². The Bertz CT molecular complexity index is 295. The van der Waals surface area contributed by atoms with Crippen LogP contribution in [0.5, 0.6) is 0 Å². The van der Waals surface area contributed by atoms with Crippen LogP contribution in [0.1, 0.15) is 26.7 Å². The molecule has 15 heavy (non-hydrogen) atoms. The van der Waals surface area contributed by atoms with Gasteiger partial charge in [0, 0.05) is 18.3 Å². The summed E-state index contributed by atoms with van der Waals surface area (Å²) in [6, 6.07) is 0.602. The molecule has 2 fully saturated rings. The fourth-order valence-electron chi connectivity index (χ4n) is 2.58. The van der Waals surface area contributed by atoms with Crippen molar-refractivity contribution >= 4 is 0 Å². The lowest BCUT2D eigenvalue weighted by Gasteiger charge is -2.42. The minimum atomic E-state index is 0.0274. The van der Waals surface area contributed by atoms with Crippen LogP contribution >= 0.6 is 0 Å². The summed E-state index contributed by atoms with van der Waals surface area (Å²) in [6.07, 6.45) is 2.38. The van der Waals surface area contributed by atoms with Crippen LogP contribution in [0.4, 0.5) is 0 Å². The Labute approximate surface area is 92.2 Å². The average Bonchev–Trinajstić information content (AvgIpc) is 2.41. The molecule has 0 aromatic rings. The van der Waals surface area contributed by atoms with Crippen molar-refractivity contribution in [3.63, 3.8) is 0 Å². The van der Waals surface area contributed by atoms with E-state index in [2.05, 4.69) is 42.5 Å². The van der Waals surface area contributed by atoms with E-state index in [-0.39, 0.29) is 5.54 Å². The number of nitrogens with zero attached hydrogens (tertiary/aromatic N) is 1. The fraction of sp³-hybridized carbons (Fsp3) is 0.667. The van der Waals surface area contributed by atoms with Crippen LogP contribution in [0.3, 0.4) is 0 Å². The van der Waals surface area contributed by atoms with E-state index in [0.29, 0.717) is 6.04 Å². The maximum absolute atomic E-state index is 4.11. The zero-order valence-electron chi connectivity index (χ0n) is 9.77. The van der Waals surface area contributed by atoms with E-state index in [1.54, 1.807) is 0 Å². The predicted octanol–water partition coefficient (Wildman–Crippen LogP) is 1.41. The highest BCUT2D eigenvalue weighted by molar-refractivity contribution is 5.30. The highest BCUT2D eigenvalue weighted by atomic mass is 15.3. The summed E-state index contributed by atoms with van der Waals surface area (Å²) in [5.74, 6) is 0.894. The minimum absolute atomic E-state index is 0.0274. The zero-order valence-corrected chi connectivity index (χ0v) is 9.77. The van der Waals surface area contributed by atoms with Crippen LogP contribution in [0, 0.1) is 0 Å². The molecule has 2 aliphatic heterocycles. The van der Waals surface area contributed by atoms with Gasteiger partial charge in [-0.05, 0) is 33.2 Å². The topological polar surface area (TPSA) is 27.3 Å². The van der Waals surface area contributed by atoms with Gasteiger partial charge in [-0.15, -0.1) is 0 Å². The molecule has 0 aromatic heterocycles. The van der Waals surface area contributed by atoms with Gasteiger partial charge in [0.2, 0.25) is 0 Å². The second-order valence-corrected chi connectivity index (χ2v) is 4.96. The first-order chi connectivity index (χ1) is 7.03. The van der Waals surface area contributed by atoms with Crippen LogP contribution in [0.2, 0.25) is 0 Å². The van der Waals surface area contributed by atoms with E-state index in [1.807, 2.05) is 0 Å². The van der Waals surface area contributed by atoms with Gasteiger partial charge in [0.1, 0.15) is 0 Å². The summed E-state index contributed by atoms with van der Waals surface area (Å²) in [6.45, 7) is 14.8. The molecule has 2 N–H and O–H groups in total. The number of rotatable bonds is 1. The van der Waals surface area contributed by atoms with Gasteiger partial charge in [0.05, 0.1) is 11.4 Å². The summed E-state index contributed by atoms with van der Waals surface area (Å²) < 4.78 is 0. The standard InChI is InChI=1S/C12H21N3/c1-9(2)15-7-5-6-12(8-15)10(3)13-11(4)14-12/h9,13-14H,3-8H2,1-2H3. The predicted molar refractivity (Wildman–Crippen MR) is 63.2 cm³/mol. The highest BCUT2D eigenvalue weighted by Gasteiger charge is 2.42. The Balaban J connectivity index is 2.15. The van der Waals surface area contributed by atoms with E-state index in [0.717, 1.165) is 24.5 Å². The Hall–Kier alpha value is -0.960. The molecule has 2 aliphatic rings. The molecule has 3 nitrogen and oxygen atoms in total. The van der Waals surface area contributed by atoms with Crippen LogP contribution < -0.4 is 10.6 Å². The Morgan fingerprint density at radius 3 is 2.67 bits per heavy atom. The summed E-state index contributed by atoms with van der Waals surface area (Å²) >= 11 is 0. The van der Waals surface area contributed by atoms with Crippen LogP contribution in [0.15, 0.2) is 24.7 Å². The van der Waals surface area contributed by atoms with Gasteiger partial charge < -0.3 is 10.6 Å². The van der Waals surface area contributed by atoms with Gasteiger partial charge in [-0.3, -0.25) is 4.90 Å². The first-order valence-electron chi connectivity index (χ1n) is 5.71. The van der Waals surface area contributed by atoms with Gasteiger partial charge in [0.15, 0.2) is 0 Å². The third kappa shape index (κ3) is 1.76. The smallest absolute Gasteiger partial charge is 0.0963 e. The van der Waals surface area contributed by atoms with E-state index >= 15 is 0 Å². The van der Waals surface area contributed by atoms with Crippen molar-refractivity contribution in [2.24, 2.45) is 0 Å². The van der Waals surface area contributed by atoms with E-state index in [9.17, 15) is 0 Å². The molecule has 2 heterocycles. The molecular formula is C12H21N3. The van der Waals surface area contributed by atoms with Crippen LogP contribution in [-0.2, 0) is 0 Å². The molecule has 2 saturated heterocycles. The Kier molecular flexibility index (Phi) is 2.51. The molecule has 0 saturated carbocycles. The van der Waals surface area contributed by atoms with E-state index in [1.165, 1.54) is 13.0 Å². The molecule has 0 bridgehead atoms. The average molecular weight is 207 g/mol. The maximum Gasteiger partial charge on any atom is 0.0963 e. The lowest BCUT2D eigenvalue weighted by atomic mass is 9.87. The molecule has 1 atom stereocenters. The molecule has 0 aromatic carbocycles. The minimum Gasteiger partial charge on any atom is -0.360 e. The Morgan fingerprint density at radius 1 is 1.40 bits per heavy atom. The number of likely N-dealkylation sites (tertiary alicyclic amines) is 1. The lowest BCUT2D eigenvalue weighted by Crippen LogP contribution is -2.56. The molecular weight excluding hydrogens is 186 g/mol. The highest BCUT2D eigenvalue weighted by Crippen LogP contribution is 2.31. The van der Waals surface area contributed by atoms with Crippen LogP contribution in [0.25, 0.3) is 0 Å². The molecule has 0 aliphatic carbocycles. The molecule has 1 unspecified atom stereocenters. The van der Waals surface area contributed by atoms with Gasteiger partial charge in [-0.2, -0.15) is 0 Å². The van der Waals surface area contributed by atoms with E-state index < -0.39 is 0 Å². The Morgan fingerprint density at radius 2 is 2.13 bits per heavy atom. The first-order valence-corrected chi connectivity index (χ1v) is 5.71. The van der Waals surface area contributed by atoms with Gasteiger partial charge in [-0.1, -0.05) is 13.2 Å². The lowest BCUT2D eigenvalue weighted by molar-refractivity contribution is 0.127.